The van der Waals surface area contributed by atoms with Gasteiger partial charge in [-0.05, 0) is 30.6 Å². The predicted molar refractivity (Wildman–Crippen MR) is 77.0 cm³/mol. The minimum Gasteiger partial charge on any atom is -0.462 e. The molecule has 0 aromatic carbocycles. The fourth-order valence-corrected chi connectivity index (χ4v) is 1.70. The number of allylic oxidation sites excluding steroid dienone is 1. The molecule has 1 aliphatic carbocycles. The first-order valence-electron chi connectivity index (χ1n) is 7.46. The van der Waals surface area contributed by atoms with Gasteiger partial charge >= 0.3 is 11.9 Å². The van der Waals surface area contributed by atoms with Gasteiger partial charge in [-0.15, -0.1) is 0 Å². The minimum absolute atomic E-state index is 0.0657. The number of carbonyl (C=O) groups is 2. The molecular formula is C16H26O4. The summed E-state index contributed by atoms with van der Waals surface area (Å²) < 4.78 is 10.3. The summed E-state index contributed by atoms with van der Waals surface area (Å²) in [5.74, 6) is -0.312. The summed E-state index contributed by atoms with van der Waals surface area (Å²) in [6.45, 7) is 8.47. The SMILES string of the molecule is CC(C)COC(=O)C(=CC1CCC1)C(=O)OCC(C)C. The van der Waals surface area contributed by atoms with Gasteiger partial charge in [0, 0.05) is 0 Å². The van der Waals surface area contributed by atoms with Gasteiger partial charge in [-0.25, -0.2) is 9.59 Å². The molecule has 4 nitrogen and oxygen atoms in total. The van der Waals surface area contributed by atoms with Crippen LogP contribution in [-0.4, -0.2) is 25.2 Å². The Morgan fingerprint density at radius 3 is 1.75 bits per heavy atom. The number of rotatable bonds is 7. The van der Waals surface area contributed by atoms with Gasteiger partial charge in [0.15, 0.2) is 0 Å². The predicted octanol–water partition coefficient (Wildman–Crippen LogP) is 3.11. The third-order valence-electron chi connectivity index (χ3n) is 3.09. The molecule has 1 saturated carbocycles. The zero-order valence-electron chi connectivity index (χ0n) is 13.0. The van der Waals surface area contributed by atoms with Crippen LogP contribution in [0.15, 0.2) is 11.6 Å². The number of carbonyl (C=O) groups excluding carboxylic acids is 2. The summed E-state index contributed by atoms with van der Waals surface area (Å²) in [4.78, 5) is 24.0. The number of ether oxygens (including phenoxy) is 2. The number of hydrogen-bond donors (Lipinski definition) is 0. The Balaban J connectivity index is 2.66. The second-order valence-electron chi connectivity index (χ2n) is 6.26. The van der Waals surface area contributed by atoms with Crippen molar-refractivity contribution in [2.24, 2.45) is 17.8 Å². The highest BCUT2D eigenvalue weighted by molar-refractivity contribution is 6.14. The van der Waals surface area contributed by atoms with Crippen molar-refractivity contribution in [3.63, 3.8) is 0 Å². The molecule has 0 spiro atoms. The molecule has 20 heavy (non-hydrogen) atoms. The average molecular weight is 282 g/mol. The van der Waals surface area contributed by atoms with Gasteiger partial charge in [0.25, 0.3) is 0 Å². The lowest BCUT2D eigenvalue weighted by Crippen LogP contribution is -2.23. The highest BCUT2D eigenvalue weighted by Gasteiger charge is 2.26. The van der Waals surface area contributed by atoms with Gasteiger partial charge in [0.2, 0.25) is 0 Å². The van der Waals surface area contributed by atoms with Crippen molar-refractivity contribution >= 4 is 11.9 Å². The monoisotopic (exact) mass is 282 g/mol. The van der Waals surface area contributed by atoms with Gasteiger partial charge < -0.3 is 9.47 Å². The molecule has 0 aromatic rings. The molecule has 0 N–H and O–H groups in total. The Morgan fingerprint density at radius 2 is 1.45 bits per heavy atom. The van der Waals surface area contributed by atoms with E-state index >= 15 is 0 Å². The van der Waals surface area contributed by atoms with Gasteiger partial charge in [-0.1, -0.05) is 40.2 Å². The van der Waals surface area contributed by atoms with Crippen LogP contribution in [0.25, 0.3) is 0 Å². The third-order valence-corrected chi connectivity index (χ3v) is 3.09. The quantitative estimate of drug-likeness (QED) is 0.311. The zero-order valence-corrected chi connectivity index (χ0v) is 13.0. The van der Waals surface area contributed by atoms with E-state index in [9.17, 15) is 9.59 Å². The smallest absolute Gasteiger partial charge is 0.345 e. The van der Waals surface area contributed by atoms with E-state index < -0.39 is 11.9 Å². The van der Waals surface area contributed by atoms with E-state index in [0.717, 1.165) is 19.3 Å². The molecular weight excluding hydrogens is 256 g/mol. The second-order valence-corrected chi connectivity index (χ2v) is 6.26. The van der Waals surface area contributed by atoms with Crippen molar-refractivity contribution in [2.75, 3.05) is 13.2 Å². The van der Waals surface area contributed by atoms with Crippen molar-refractivity contribution in [2.45, 2.75) is 47.0 Å². The van der Waals surface area contributed by atoms with Gasteiger partial charge in [-0.3, -0.25) is 0 Å². The van der Waals surface area contributed by atoms with Gasteiger partial charge in [0.05, 0.1) is 13.2 Å². The van der Waals surface area contributed by atoms with E-state index in [1.807, 2.05) is 27.7 Å². The van der Waals surface area contributed by atoms with E-state index in [1.165, 1.54) is 0 Å². The molecule has 1 aliphatic rings. The van der Waals surface area contributed by atoms with E-state index in [0.29, 0.717) is 19.1 Å². The van der Waals surface area contributed by atoms with Crippen LogP contribution in [0.3, 0.4) is 0 Å². The third kappa shape index (κ3) is 5.76. The summed E-state index contributed by atoms with van der Waals surface area (Å²) in [6, 6.07) is 0. The Kier molecular flexibility index (Phi) is 6.76. The van der Waals surface area contributed by atoms with Crippen LogP contribution in [-0.2, 0) is 19.1 Å². The fourth-order valence-electron chi connectivity index (χ4n) is 1.70. The molecule has 114 valence electrons. The average Bonchev–Trinajstić information content (AvgIpc) is 2.31. The second kappa shape index (κ2) is 8.08. The molecule has 0 amide bonds. The number of esters is 2. The van der Waals surface area contributed by atoms with Crippen LogP contribution in [0.1, 0.15) is 47.0 Å². The molecule has 1 fully saturated rings. The Morgan fingerprint density at radius 1 is 1.00 bits per heavy atom. The molecule has 0 heterocycles. The van der Waals surface area contributed by atoms with Crippen LogP contribution < -0.4 is 0 Å². The Hall–Kier alpha value is -1.32. The Bertz CT molecular complexity index is 339. The van der Waals surface area contributed by atoms with Crippen molar-refractivity contribution in [1.29, 1.82) is 0 Å². The molecule has 0 aliphatic heterocycles. The van der Waals surface area contributed by atoms with E-state index in [4.69, 9.17) is 9.47 Å². The zero-order chi connectivity index (χ0) is 15.1. The lowest BCUT2D eigenvalue weighted by molar-refractivity contribution is -0.148. The van der Waals surface area contributed by atoms with Crippen molar-refractivity contribution in [3.05, 3.63) is 11.6 Å². The molecule has 0 aromatic heterocycles. The maximum absolute atomic E-state index is 12.0. The summed E-state index contributed by atoms with van der Waals surface area (Å²) >= 11 is 0. The highest BCUT2D eigenvalue weighted by Crippen LogP contribution is 2.29. The summed E-state index contributed by atoms with van der Waals surface area (Å²) in [6.07, 6.45) is 4.93. The largest absolute Gasteiger partial charge is 0.462 e. The molecule has 0 saturated heterocycles. The molecule has 0 radical (unpaired) electrons. The van der Waals surface area contributed by atoms with Crippen LogP contribution >= 0.6 is 0 Å². The molecule has 1 rings (SSSR count). The summed E-state index contributed by atoms with van der Waals surface area (Å²) in [5.41, 5.74) is 0.0657. The van der Waals surface area contributed by atoms with Crippen LogP contribution in [0.5, 0.6) is 0 Å². The fraction of sp³-hybridized carbons (Fsp3) is 0.750. The van der Waals surface area contributed by atoms with E-state index in [1.54, 1.807) is 6.08 Å². The van der Waals surface area contributed by atoms with Crippen molar-refractivity contribution < 1.29 is 19.1 Å². The normalized spacial score (nSPS) is 14.9. The van der Waals surface area contributed by atoms with Crippen LogP contribution in [0.4, 0.5) is 0 Å². The van der Waals surface area contributed by atoms with Crippen LogP contribution in [0.2, 0.25) is 0 Å². The minimum atomic E-state index is -0.556. The van der Waals surface area contributed by atoms with Gasteiger partial charge in [0.1, 0.15) is 5.57 Å². The van der Waals surface area contributed by atoms with Crippen molar-refractivity contribution in [1.82, 2.24) is 0 Å². The van der Waals surface area contributed by atoms with Gasteiger partial charge in [-0.2, -0.15) is 0 Å². The lowest BCUT2D eigenvalue weighted by atomic mass is 9.84. The standard InChI is InChI=1S/C16H26O4/c1-11(2)9-19-15(17)14(8-13-6-5-7-13)16(18)20-10-12(3)4/h8,11-13H,5-7,9-10H2,1-4H3. The maximum atomic E-state index is 12.0. The van der Waals surface area contributed by atoms with Crippen molar-refractivity contribution in [3.8, 4) is 0 Å². The topological polar surface area (TPSA) is 52.6 Å². The molecule has 0 unspecified atom stereocenters. The maximum Gasteiger partial charge on any atom is 0.345 e. The molecule has 4 heteroatoms. The van der Waals surface area contributed by atoms with E-state index in [-0.39, 0.29) is 17.4 Å². The lowest BCUT2D eigenvalue weighted by Gasteiger charge is -2.22. The van der Waals surface area contributed by atoms with Crippen LogP contribution in [0, 0.1) is 17.8 Å². The van der Waals surface area contributed by atoms with E-state index in [2.05, 4.69) is 0 Å². The first-order valence-corrected chi connectivity index (χ1v) is 7.46. The first-order chi connectivity index (χ1) is 9.40. The summed E-state index contributed by atoms with van der Waals surface area (Å²) in [5, 5.41) is 0. The highest BCUT2D eigenvalue weighted by atomic mass is 16.6. The Labute approximate surface area is 121 Å². The first kappa shape index (κ1) is 16.7. The molecule has 0 atom stereocenters. The number of hydrogen-bond acceptors (Lipinski definition) is 4. The molecule has 0 bridgehead atoms. The summed E-state index contributed by atoms with van der Waals surface area (Å²) in [7, 11) is 0.